The minimum atomic E-state index is -0.783. The van der Waals surface area contributed by atoms with Crippen LogP contribution in [0, 0.1) is 6.92 Å². The van der Waals surface area contributed by atoms with E-state index < -0.39 is 5.97 Å². The van der Waals surface area contributed by atoms with Crippen LogP contribution in [-0.4, -0.2) is 28.8 Å². The summed E-state index contributed by atoms with van der Waals surface area (Å²) < 4.78 is 12.2. The highest BCUT2D eigenvalue weighted by Gasteiger charge is 2.12. The molecule has 5 nitrogen and oxygen atoms in total. The van der Waals surface area contributed by atoms with Gasteiger partial charge < -0.3 is 14.6 Å². The molecule has 0 aliphatic rings. The van der Waals surface area contributed by atoms with Crippen LogP contribution in [-0.2, 0) is 17.6 Å². The molecular formula is C27H31NO4. The van der Waals surface area contributed by atoms with Gasteiger partial charge in [-0.3, -0.25) is 9.78 Å². The first-order valence-electron chi connectivity index (χ1n) is 11.1. The molecule has 2 aromatic carbocycles. The van der Waals surface area contributed by atoms with Crippen LogP contribution < -0.4 is 9.47 Å². The van der Waals surface area contributed by atoms with Gasteiger partial charge in [-0.05, 0) is 73.7 Å². The van der Waals surface area contributed by atoms with Crippen molar-refractivity contribution < 1.29 is 19.4 Å². The normalized spacial score (nSPS) is 11.7. The molecule has 0 unspecified atom stereocenters. The fraction of sp³-hybridized carbons (Fsp3) is 0.333. The Morgan fingerprint density at radius 1 is 1.16 bits per heavy atom. The second-order valence-corrected chi connectivity index (χ2v) is 7.97. The molecule has 1 heterocycles. The number of aromatic nitrogens is 1. The van der Waals surface area contributed by atoms with Gasteiger partial charge in [-0.2, -0.15) is 0 Å². The summed E-state index contributed by atoms with van der Waals surface area (Å²) in [5.41, 5.74) is 5.44. The van der Waals surface area contributed by atoms with Gasteiger partial charge in [-0.25, -0.2) is 0 Å². The lowest BCUT2D eigenvalue weighted by Gasteiger charge is -2.19. The van der Waals surface area contributed by atoms with E-state index in [0.29, 0.717) is 13.0 Å². The summed E-state index contributed by atoms with van der Waals surface area (Å²) in [7, 11) is 0. The van der Waals surface area contributed by atoms with Gasteiger partial charge >= 0.3 is 5.97 Å². The van der Waals surface area contributed by atoms with Crippen molar-refractivity contribution in [2.45, 2.75) is 52.6 Å². The highest BCUT2D eigenvalue weighted by Crippen LogP contribution is 2.32. The predicted octanol–water partition coefficient (Wildman–Crippen LogP) is 5.87. The third-order valence-corrected chi connectivity index (χ3v) is 5.47. The first kappa shape index (κ1) is 23.3. The van der Waals surface area contributed by atoms with E-state index in [0.717, 1.165) is 46.6 Å². The Kier molecular flexibility index (Phi) is 8.26. The molecule has 1 aromatic heterocycles. The third-order valence-electron chi connectivity index (χ3n) is 5.47. The Bertz CT molecular complexity index is 1030. The molecule has 3 rings (SSSR count). The van der Waals surface area contributed by atoms with Gasteiger partial charge in [0.25, 0.3) is 0 Å². The van der Waals surface area contributed by atoms with E-state index in [4.69, 9.17) is 14.6 Å². The summed E-state index contributed by atoms with van der Waals surface area (Å²) >= 11 is 0. The SMILES string of the molecule is CCc1ccc(O[C@H](C)CCOc2ccc(CCC(=O)O)c(C)c2)c(-c2cccnc2)c1. The van der Waals surface area contributed by atoms with E-state index in [1.807, 2.05) is 56.4 Å². The number of hydrogen-bond donors (Lipinski definition) is 1. The maximum Gasteiger partial charge on any atom is 0.303 e. The van der Waals surface area contributed by atoms with Crippen LogP contribution in [0.25, 0.3) is 11.1 Å². The number of carboxylic acids is 1. The average molecular weight is 434 g/mol. The molecular weight excluding hydrogens is 402 g/mol. The molecule has 32 heavy (non-hydrogen) atoms. The molecule has 1 atom stereocenters. The molecule has 0 spiro atoms. The quantitative estimate of drug-likeness (QED) is 0.409. The van der Waals surface area contributed by atoms with Gasteiger partial charge in [0.2, 0.25) is 0 Å². The van der Waals surface area contributed by atoms with Crippen LogP contribution >= 0.6 is 0 Å². The average Bonchev–Trinajstić information content (AvgIpc) is 2.79. The smallest absolute Gasteiger partial charge is 0.303 e. The number of hydrogen-bond acceptors (Lipinski definition) is 4. The van der Waals surface area contributed by atoms with E-state index in [-0.39, 0.29) is 12.5 Å². The summed E-state index contributed by atoms with van der Waals surface area (Å²) in [6.45, 7) is 6.70. The predicted molar refractivity (Wildman–Crippen MR) is 126 cm³/mol. The third kappa shape index (κ3) is 6.58. The molecule has 5 heteroatoms. The molecule has 0 bridgehead atoms. The van der Waals surface area contributed by atoms with Gasteiger partial charge in [-0.15, -0.1) is 0 Å². The lowest BCUT2D eigenvalue weighted by Crippen LogP contribution is -2.16. The molecule has 0 saturated heterocycles. The molecule has 0 aliphatic carbocycles. The zero-order chi connectivity index (χ0) is 22.9. The van der Waals surface area contributed by atoms with Crippen LogP contribution in [0.5, 0.6) is 11.5 Å². The zero-order valence-corrected chi connectivity index (χ0v) is 19.0. The summed E-state index contributed by atoms with van der Waals surface area (Å²) in [5, 5.41) is 8.86. The summed E-state index contributed by atoms with van der Waals surface area (Å²) in [4.78, 5) is 15.0. The van der Waals surface area contributed by atoms with Gasteiger partial charge in [0, 0.05) is 36.4 Å². The Balaban J connectivity index is 1.58. The van der Waals surface area contributed by atoms with Crippen LogP contribution in [0.2, 0.25) is 0 Å². The largest absolute Gasteiger partial charge is 0.493 e. The summed E-state index contributed by atoms with van der Waals surface area (Å²) in [6.07, 6.45) is 5.98. The Morgan fingerprint density at radius 3 is 2.69 bits per heavy atom. The van der Waals surface area contributed by atoms with Crippen molar-refractivity contribution in [2.24, 2.45) is 0 Å². The van der Waals surface area contributed by atoms with Gasteiger partial charge in [0.15, 0.2) is 0 Å². The molecule has 0 aliphatic heterocycles. The van der Waals surface area contributed by atoms with Crippen molar-refractivity contribution in [3.8, 4) is 22.6 Å². The van der Waals surface area contributed by atoms with Crippen molar-refractivity contribution in [3.63, 3.8) is 0 Å². The maximum absolute atomic E-state index is 10.8. The molecule has 168 valence electrons. The molecule has 0 radical (unpaired) electrons. The number of aryl methyl sites for hydroxylation is 3. The minimum Gasteiger partial charge on any atom is -0.493 e. The monoisotopic (exact) mass is 433 g/mol. The number of carboxylic acid groups (broad SMARTS) is 1. The van der Waals surface area contributed by atoms with Gasteiger partial charge in [0.1, 0.15) is 11.5 Å². The number of nitrogens with zero attached hydrogens (tertiary/aromatic N) is 1. The first-order valence-corrected chi connectivity index (χ1v) is 11.1. The van der Waals surface area contributed by atoms with Crippen molar-refractivity contribution in [3.05, 3.63) is 77.6 Å². The number of rotatable bonds is 11. The van der Waals surface area contributed by atoms with E-state index in [9.17, 15) is 4.79 Å². The number of ether oxygens (including phenoxy) is 2. The standard InChI is InChI=1S/C27H31NO4/c1-4-21-7-11-26(25(17-21)23-6-5-14-28-18-23)32-20(3)13-15-31-24-10-8-22(19(2)16-24)9-12-27(29)30/h5-8,10-11,14,16-18,20H,4,9,12-13,15H2,1-3H3,(H,29,30)/t20-/m1/s1. The van der Waals surface area contributed by atoms with Crippen LogP contribution in [0.4, 0.5) is 0 Å². The van der Waals surface area contributed by atoms with Crippen LogP contribution in [0.1, 0.15) is 43.4 Å². The molecule has 0 saturated carbocycles. The van der Waals surface area contributed by atoms with Gasteiger partial charge in [0.05, 0.1) is 12.7 Å². The number of carbonyl (C=O) groups is 1. The topological polar surface area (TPSA) is 68.7 Å². The van der Waals surface area contributed by atoms with Crippen LogP contribution in [0.3, 0.4) is 0 Å². The number of benzene rings is 2. The Morgan fingerprint density at radius 2 is 2.00 bits per heavy atom. The van der Waals surface area contributed by atoms with Gasteiger partial charge in [-0.1, -0.05) is 25.1 Å². The number of aliphatic carboxylic acids is 1. The van der Waals surface area contributed by atoms with E-state index in [1.54, 1.807) is 6.20 Å². The van der Waals surface area contributed by atoms with Crippen molar-refractivity contribution in [1.29, 1.82) is 0 Å². The van der Waals surface area contributed by atoms with Crippen LogP contribution in [0.15, 0.2) is 60.9 Å². The highest BCUT2D eigenvalue weighted by molar-refractivity contribution is 5.70. The van der Waals surface area contributed by atoms with E-state index >= 15 is 0 Å². The fourth-order valence-electron chi connectivity index (χ4n) is 3.55. The lowest BCUT2D eigenvalue weighted by atomic mass is 10.0. The second kappa shape index (κ2) is 11.3. The first-order chi connectivity index (χ1) is 15.5. The summed E-state index contributed by atoms with van der Waals surface area (Å²) in [6, 6.07) is 16.1. The summed E-state index contributed by atoms with van der Waals surface area (Å²) in [5.74, 6) is 0.855. The molecule has 3 aromatic rings. The lowest BCUT2D eigenvalue weighted by molar-refractivity contribution is -0.136. The second-order valence-electron chi connectivity index (χ2n) is 7.97. The highest BCUT2D eigenvalue weighted by atomic mass is 16.5. The maximum atomic E-state index is 10.8. The molecule has 0 fully saturated rings. The number of pyridine rings is 1. The van der Waals surface area contributed by atoms with E-state index in [2.05, 4.69) is 24.0 Å². The Labute approximate surface area is 190 Å². The fourth-order valence-corrected chi connectivity index (χ4v) is 3.55. The Hall–Kier alpha value is -3.34. The van der Waals surface area contributed by atoms with E-state index in [1.165, 1.54) is 5.56 Å². The minimum absolute atomic E-state index is 0.0196. The molecule has 1 N–H and O–H groups in total. The van der Waals surface area contributed by atoms with Crippen molar-refractivity contribution in [1.82, 2.24) is 4.98 Å². The van der Waals surface area contributed by atoms with Crippen molar-refractivity contribution in [2.75, 3.05) is 6.61 Å². The van der Waals surface area contributed by atoms with Crippen molar-refractivity contribution >= 4 is 5.97 Å². The zero-order valence-electron chi connectivity index (χ0n) is 19.0. The molecule has 0 amide bonds.